The van der Waals surface area contributed by atoms with Gasteiger partial charge in [0.1, 0.15) is 6.54 Å². The fourth-order valence-electron chi connectivity index (χ4n) is 4.90. The van der Waals surface area contributed by atoms with Crippen molar-refractivity contribution in [2.45, 2.75) is 37.1 Å². The Balaban J connectivity index is 1.43. The molecule has 0 atom stereocenters. The molecule has 39 heavy (non-hydrogen) atoms. The van der Waals surface area contributed by atoms with Gasteiger partial charge in [0, 0.05) is 30.2 Å². The maximum absolute atomic E-state index is 13.7. The third-order valence-electron chi connectivity index (χ3n) is 7.08. The quantitative estimate of drug-likeness (QED) is 0.214. The molecule has 0 spiro atoms. The minimum Gasteiger partial charge on any atom is -0.337 e. The van der Waals surface area contributed by atoms with Crippen molar-refractivity contribution in [1.82, 2.24) is 9.47 Å². The second kappa shape index (κ2) is 11.7. The van der Waals surface area contributed by atoms with Crippen LogP contribution >= 0.6 is 0 Å². The van der Waals surface area contributed by atoms with Gasteiger partial charge in [0.2, 0.25) is 5.91 Å². The summed E-state index contributed by atoms with van der Waals surface area (Å²) in [6.45, 7) is 3.03. The lowest BCUT2D eigenvalue weighted by molar-refractivity contribution is -0.132. The Labute approximate surface area is 230 Å². The zero-order valence-electron chi connectivity index (χ0n) is 22.0. The third-order valence-corrected chi connectivity index (χ3v) is 8.77. The third kappa shape index (κ3) is 6.29. The average Bonchev–Trinajstić information content (AvgIpc) is 3.32. The van der Waals surface area contributed by atoms with Gasteiger partial charge in [-0.05, 0) is 41.7 Å². The molecule has 0 fully saturated rings. The van der Waals surface area contributed by atoms with E-state index in [0.717, 1.165) is 28.6 Å². The molecule has 0 aliphatic rings. The molecule has 0 radical (unpaired) electrons. The SMILES string of the molecule is Cc1ccccc1CS(=O)(=O)c1cn(CC(=O)N(CCc2ccccc2)Cc2ccccc2)c2ccccc12. The van der Waals surface area contributed by atoms with Gasteiger partial charge in [-0.25, -0.2) is 8.42 Å². The van der Waals surface area contributed by atoms with Crippen LogP contribution in [-0.2, 0) is 39.9 Å². The van der Waals surface area contributed by atoms with E-state index in [9.17, 15) is 13.2 Å². The number of rotatable bonds is 10. The predicted octanol–water partition coefficient (Wildman–Crippen LogP) is 6.20. The highest BCUT2D eigenvalue weighted by atomic mass is 32.2. The van der Waals surface area contributed by atoms with E-state index in [-0.39, 0.29) is 23.1 Å². The van der Waals surface area contributed by atoms with Gasteiger partial charge in [0.15, 0.2) is 9.84 Å². The number of para-hydroxylation sites is 1. The minimum absolute atomic E-state index is 0.0570. The van der Waals surface area contributed by atoms with Crippen LogP contribution in [0.25, 0.3) is 10.9 Å². The molecule has 1 amide bonds. The number of amides is 1. The van der Waals surface area contributed by atoms with E-state index in [0.29, 0.717) is 18.5 Å². The number of sulfone groups is 1. The van der Waals surface area contributed by atoms with E-state index >= 15 is 0 Å². The molecule has 0 saturated carbocycles. The Kier molecular flexibility index (Phi) is 7.94. The monoisotopic (exact) mass is 536 g/mol. The number of aromatic nitrogens is 1. The molecule has 5 nitrogen and oxygen atoms in total. The van der Waals surface area contributed by atoms with Crippen LogP contribution in [0, 0.1) is 6.92 Å². The summed E-state index contributed by atoms with van der Waals surface area (Å²) in [4.78, 5) is 15.8. The molecule has 1 heterocycles. The molecular formula is C33H32N2O3S. The maximum atomic E-state index is 13.7. The van der Waals surface area contributed by atoms with E-state index in [1.807, 2.05) is 109 Å². The molecule has 4 aromatic carbocycles. The Morgan fingerprint density at radius 2 is 1.38 bits per heavy atom. The number of carbonyl (C=O) groups excluding carboxylic acids is 1. The number of aryl methyl sites for hydroxylation is 1. The second-order valence-electron chi connectivity index (χ2n) is 9.86. The normalized spacial score (nSPS) is 11.5. The van der Waals surface area contributed by atoms with Gasteiger partial charge in [-0.1, -0.05) is 103 Å². The molecular weight excluding hydrogens is 504 g/mol. The number of hydrogen-bond acceptors (Lipinski definition) is 3. The van der Waals surface area contributed by atoms with Crippen molar-refractivity contribution in [2.75, 3.05) is 6.54 Å². The summed E-state index contributed by atoms with van der Waals surface area (Å²) in [5.74, 6) is -0.142. The Hall–Kier alpha value is -4.16. The molecule has 0 aliphatic heterocycles. The van der Waals surface area contributed by atoms with Crippen molar-refractivity contribution in [1.29, 1.82) is 0 Å². The maximum Gasteiger partial charge on any atom is 0.242 e. The van der Waals surface area contributed by atoms with Gasteiger partial charge in [0.05, 0.1) is 10.6 Å². The highest BCUT2D eigenvalue weighted by molar-refractivity contribution is 7.90. The predicted molar refractivity (Wildman–Crippen MR) is 156 cm³/mol. The van der Waals surface area contributed by atoms with Crippen molar-refractivity contribution in [2.24, 2.45) is 0 Å². The zero-order valence-corrected chi connectivity index (χ0v) is 22.8. The van der Waals surface area contributed by atoms with Gasteiger partial charge in [0.25, 0.3) is 0 Å². The molecule has 1 aromatic heterocycles. The lowest BCUT2D eigenvalue weighted by Crippen LogP contribution is -2.35. The first kappa shape index (κ1) is 26.4. The highest BCUT2D eigenvalue weighted by Gasteiger charge is 2.24. The summed E-state index contributed by atoms with van der Waals surface area (Å²) in [5, 5.41) is 0.637. The summed E-state index contributed by atoms with van der Waals surface area (Å²) in [7, 11) is -3.64. The Morgan fingerprint density at radius 3 is 2.10 bits per heavy atom. The van der Waals surface area contributed by atoms with E-state index in [2.05, 4.69) is 12.1 Å². The van der Waals surface area contributed by atoms with Gasteiger partial charge < -0.3 is 9.47 Å². The fraction of sp³-hybridized carbons (Fsp3) is 0.182. The van der Waals surface area contributed by atoms with Gasteiger partial charge >= 0.3 is 0 Å². The Morgan fingerprint density at radius 1 is 0.769 bits per heavy atom. The molecule has 0 N–H and O–H groups in total. The fourth-order valence-corrected chi connectivity index (χ4v) is 6.58. The molecule has 0 aliphatic carbocycles. The minimum atomic E-state index is -3.64. The van der Waals surface area contributed by atoms with E-state index in [1.54, 1.807) is 10.8 Å². The molecule has 5 aromatic rings. The smallest absolute Gasteiger partial charge is 0.242 e. The molecule has 0 saturated heterocycles. The van der Waals surface area contributed by atoms with E-state index in [4.69, 9.17) is 0 Å². The van der Waals surface area contributed by atoms with Crippen molar-refractivity contribution in [3.8, 4) is 0 Å². The van der Waals surface area contributed by atoms with Crippen LogP contribution in [0.3, 0.4) is 0 Å². The van der Waals surface area contributed by atoms with Crippen molar-refractivity contribution < 1.29 is 13.2 Å². The van der Waals surface area contributed by atoms with Crippen molar-refractivity contribution in [3.05, 3.63) is 138 Å². The lowest BCUT2D eigenvalue weighted by atomic mass is 10.1. The number of fused-ring (bicyclic) bond motifs is 1. The van der Waals surface area contributed by atoms with Crippen LogP contribution in [0.5, 0.6) is 0 Å². The van der Waals surface area contributed by atoms with Crippen LogP contribution in [-0.4, -0.2) is 30.3 Å². The van der Waals surface area contributed by atoms with Gasteiger partial charge in [-0.3, -0.25) is 4.79 Å². The standard InChI is InChI=1S/C33H32N2O3S/c1-26-12-8-9-17-29(26)25-39(37,38)32-23-35(31-19-11-10-18-30(31)32)24-33(36)34(22-28-15-6-3-7-16-28)21-20-27-13-4-2-5-14-27/h2-19,23H,20-22,24-25H2,1H3. The van der Waals surface area contributed by atoms with Crippen LogP contribution < -0.4 is 0 Å². The number of hydrogen-bond donors (Lipinski definition) is 0. The first-order chi connectivity index (χ1) is 18.9. The first-order valence-electron chi connectivity index (χ1n) is 13.1. The summed E-state index contributed by atoms with van der Waals surface area (Å²) < 4.78 is 29.0. The zero-order chi connectivity index (χ0) is 27.2. The van der Waals surface area contributed by atoms with Crippen LogP contribution in [0.1, 0.15) is 22.3 Å². The number of nitrogens with zero attached hydrogens (tertiary/aromatic N) is 2. The van der Waals surface area contributed by atoms with Gasteiger partial charge in [-0.15, -0.1) is 0 Å². The lowest BCUT2D eigenvalue weighted by Gasteiger charge is -2.23. The van der Waals surface area contributed by atoms with Gasteiger partial charge in [-0.2, -0.15) is 0 Å². The van der Waals surface area contributed by atoms with E-state index < -0.39 is 9.84 Å². The largest absolute Gasteiger partial charge is 0.337 e. The number of benzene rings is 4. The molecule has 0 bridgehead atoms. The van der Waals surface area contributed by atoms with E-state index in [1.165, 1.54) is 5.56 Å². The second-order valence-corrected chi connectivity index (χ2v) is 11.8. The summed E-state index contributed by atoms with van der Waals surface area (Å²) in [6, 6.07) is 35.0. The number of carbonyl (C=O) groups is 1. The van der Waals surface area contributed by atoms with Crippen LogP contribution in [0.2, 0.25) is 0 Å². The topological polar surface area (TPSA) is 59.4 Å². The summed E-state index contributed by atoms with van der Waals surface area (Å²) in [6.07, 6.45) is 2.37. The first-order valence-corrected chi connectivity index (χ1v) is 14.8. The van der Waals surface area contributed by atoms with Crippen molar-refractivity contribution >= 4 is 26.6 Å². The molecule has 6 heteroatoms. The summed E-state index contributed by atoms with van der Waals surface area (Å²) >= 11 is 0. The Bertz CT molecular complexity index is 1680. The van der Waals surface area contributed by atoms with Crippen LogP contribution in [0.15, 0.2) is 120 Å². The van der Waals surface area contributed by atoms with Crippen molar-refractivity contribution in [3.63, 3.8) is 0 Å². The summed E-state index contributed by atoms with van der Waals surface area (Å²) in [5.41, 5.74) is 4.67. The molecule has 0 unspecified atom stereocenters. The highest BCUT2D eigenvalue weighted by Crippen LogP contribution is 2.29. The molecule has 198 valence electrons. The molecule has 5 rings (SSSR count). The average molecular weight is 537 g/mol. The van der Waals surface area contributed by atoms with Crippen LogP contribution in [0.4, 0.5) is 0 Å².